The van der Waals surface area contributed by atoms with Crippen LogP contribution in [0.15, 0.2) is 30.5 Å². The first-order valence-corrected chi connectivity index (χ1v) is 6.65. The van der Waals surface area contributed by atoms with E-state index in [-0.39, 0.29) is 5.02 Å². The lowest BCUT2D eigenvalue weighted by Crippen LogP contribution is -2.13. The molecule has 1 aromatic carbocycles. The van der Waals surface area contributed by atoms with Crippen molar-refractivity contribution in [1.29, 1.82) is 5.26 Å². The Morgan fingerprint density at radius 2 is 2.05 bits per heavy atom. The van der Waals surface area contributed by atoms with E-state index in [1.807, 2.05) is 6.07 Å². The van der Waals surface area contributed by atoms with Gasteiger partial charge in [-0.25, -0.2) is 4.98 Å². The van der Waals surface area contributed by atoms with Crippen molar-refractivity contribution in [3.05, 3.63) is 51.6 Å². The lowest BCUT2D eigenvalue weighted by molar-refractivity contribution is 0.102. The molecule has 0 fully saturated rings. The Hall–Kier alpha value is -2.29. The van der Waals surface area contributed by atoms with Crippen LogP contribution in [0.2, 0.25) is 10.0 Å². The van der Waals surface area contributed by atoms with Crippen molar-refractivity contribution in [2.24, 2.45) is 0 Å². The molecule has 2 rings (SSSR count). The lowest BCUT2D eigenvalue weighted by atomic mass is 10.2. The summed E-state index contributed by atoms with van der Waals surface area (Å²) < 4.78 is 0. The summed E-state index contributed by atoms with van der Waals surface area (Å²) in [7, 11) is 1.68. The van der Waals surface area contributed by atoms with Gasteiger partial charge in [0.25, 0.3) is 5.91 Å². The van der Waals surface area contributed by atoms with E-state index in [0.29, 0.717) is 27.7 Å². The fourth-order valence-corrected chi connectivity index (χ4v) is 2.12. The molecule has 5 nitrogen and oxygen atoms in total. The predicted molar refractivity (Wildman–Crippen MR) is 82.9 cm³/mol. The molecule has 2 N–H and O–H groups in total. The summed E-state index contributed by atoms with van der Waals surface area (Å²) in [6.07, 6.45) is 1.41. The number of hydrogen-bond donors (Lipinski definition) is 2. The van der Waals surface area contributed by atoms with Gasteiger partial charge in [-0.3, -0.25) is 4.79 Å². The van der Waals surface area contributed by atoms with Crippen LogP contribution in [0.1, 0.15) is 15.9 Å². The Kier molecular flexibility index (Phi) is 4.63. The third-order valence-corrected chi connectivity index (χ3v) is 3.29. The van der Waals surface area contributed by atoms with Crippen molar-refractivity contribution in [3.8, 4) is 6.07 Å². The number of anilines is 2. The number of carbonyl (C=O) groups is 1. The maximum Gasteiger partial charge on any atom is 0.257 e. The Morgan fingerprint density at radius 3 is 2.62 bits per heavy atom. The number of benzene rings is 1. The number of aromatic nitrogens is 1. The van der Waals surface area contributed by atoms with Crippen LogP contribution in [0.5, 0.6) is 0 Å². The van der Waals surface area contributed by atoms with Gasteiger partial charge in [0.05, 0.1) is 32.9 Å². The van der Waals surface area contributed by atoms with Gasteiger partial charge in [-0.1, -0.05) is 23.2 Å². The second-order valence-electron chi connectivity index (χ2n) is 4.06. The number of hydrogen-bond acceptors (Lipinski definition) is 4. The molecular formula is C14H10Cl2N4O. The van der Waals surface area contributed by atoms with Crippen LogP contribution in [-0.2, 0) is 0 Å². The van der Waals surface area contributed by atoms with Crippen molar-refractivity contribution in [3.63, 3.8) is 0 Å². The maximum absolute atomic E-state index is 12.1. The normalized spacial score (nSPS) is 9.81. The first kappa shape index (κ1) is 15.1. The number of amides is 1. The Labute approximate surface area is 131 Å². The van der Waals surface area contributed by atoms with E-state index in [2.05, 4.69) is 15.6 Å². The Morgan fingerprint density at radius 1 is 1.29 bits per heavy atom. The van der Waals surface area contributed by atoms with Crippen molar-refractivity contribution < 1.29 is 4.79 Å². The van der Waals surface area contributed by atoms with Crippen molar-refractivity contribution in [2.45, 2.75) is 0 Å². The number of halogens is 2. The summed E-state index contributed by atoms with van der Waals surface area (Å²) in [4.78, 5) is 16.1. The fraction of sp³-hybridized carbons (Fsp3) is 0.0714. The molecule has 0 unspecified atom stereocenters. The van der Waals surface area contributed by atoms with Gasteiger partial charge in [-0.05, 0) is 24.3 Å². The summed E-state index contributed by atoms with van der Waals surface area (Å²) in [5.74, 6) is 0.100. The molecule has 0 aliphatic carbocycles. The van der Waals surface area contributed by atoms with Gasteiger partial charge in [0, 0.05) is 13.2 Å². The second-order valence-corrected chi connectivity index (χ2v) is 4.88. The van der Waals surface area contributed by atoms with E-state index >= 15 is 0 Å². The Bertz CT molecular complexity index is 740. The molecule has 7 heteroatoms. The van der Waals surface area contributed by atoms with E-state index < -0.39 is 5.91 Å². The zero-order chi connectivity index (χ0) is 15.4. The smallest absolute Gasteiger partial charge is 0.257 e. The average Bonchev–Trinajstić information content (AvgIpc) is 2.49. The molecule has 0 atom stereocenters. The first-order chi connectivity index (χ1) is 10.0. The van der Waals surface area contributed by atoms with Gasteiger partial charge in [0.2, 0.25) is 0 Å². The summed E-state index contributed by atoms with van der Waals surface area (Å²) in [6, 6.07) is 8.09. The molecule has 0 saturated heterocycles. The molecule has 1 amide bonds. The van der Waals surface area contributed by atoms with Crippen LogP contribution >= 0.6 is 23.2 Å². The van der Waals surface area contributed by atoms with E-state index in [1.54, 1.807) is 19.2 Å². The molecular weight excluding hydrogens is 311 g/mol. The summed E-state index contributed by atoms with van der Waals surface area (Å²) in [5, 5.41) is 14.8. The molecule has 0 spiro atoms. The number of pyridine rings is 1. The molecule has 1 aromatic heterocycles. The minimum atomic E-state index is -0.390. The van der Waals surface area contributed by atoms with Gasteiger partial charge >= 0.3 is 0 Å². The van der Waals surface area contributed by atoms with Crippen molar-refractivity contribution in [1.82, 2.24) is 4.98 Å². The van der Waals surface area contributed by atoms with Gasteiger partial charge in [0.15, 0.2) is 0 Å². The standard InChI is InChI=1S/C14H10Cl2N4O/c1-18-13-11(16)5-9(7-19-13)14(21)20-12-3-2-8(6-17)4-10(12)15/h2-5,7H,1H3,(H,18,19)(H,20,21). The molecule has 0 bridgehead atoms. The van der Waals surface area contributed by atoms with Gasteiger partial charge in [-0.2, -0.15) is 5.26 Å². The van der Waals surface area contributed by atoms with E-state index in [1.165, 1.54) is 18.3 Å². The molecule has 2 aromatic rings. The van der Waals surface area contributed by atoms with E-state index in [9.17, 15) is 4.79 Å². The third kappa shape index (κ3) is 3.43. The van der Waals surface area contributed by atoms with Crippen LogP contribution in [0.25, 0.3) is 0 Å². The van der Waals surface area contributed by atoms with Crippen LogP contribution in [0.3, 0.4) is 0 Å². The summed E-state index contributed by atoms with van der Waals surface area (Å²) in [5.41, 5.74) is 1.13. The number of nitrogens with zero attached hydrogens (tertiary/aromatic N) is 2. The third-order valence-electron chi connectivity index (χ3n) is 2.69. The van der Waals surface area contributed by atoms with Gasteiger partial charge in [0.1, 0.15) is 5.82 Å². The first-order valence-electron chi connectivity index (χ1n) is 5.89. The van der Waals surface area contributed by atoms with Gasteiger partial charge < -0.3 is 10.6 Å². The Balaban J connectivity index is 2.22. The van der Waals surface area contributed by atoms with Crippen LogP contribution in [0.4, 0.5) is 11.5 Å². The number of nitrogens with one attached hydrogen (secondary N) is 2. The SMILES string of the molecule is CNc1ncc(C(=O)Nc2ccc(C#N)cc2Cl)cc1Cl. The van der Waals surface area contributed by atoms with Crippen molar-refractivity contribution >= 4 is 40.6 Å². The quantitative estimate of drug-likeness (QED) is 0.906. The van der Waals surface area contributed by atoms with E-state index in [4.69, 9.17) is 28.5 Å². The largest absolute Gasteiger partial charge is 0.372 e. The minimum absolute atomic E-state index is 0.285. The highest BCUT2D eigenvalue weighted by Gasteiger charge is 2.11. The highest BCUT2D eigenvalue weighted by Crippen LogP contribution is 2.24. The molecule has 106 valence electrons. The number of carbonyl (C=O) groups excluding carboxylic acids is 1. The van der Waals surface area contributed by atoms with Crippen LogP contribution in [0, 0.1) is 11.3 Å². The molecule has 0 saturated carbocycles. The summed E-state index contributed by atoms with van der Waals surface area (Å²) >= 11 is 12.0. The molecule has 0 aliphatic rings. The predicted octanol–water partition coefficient (Wildman–Crippen LogP) is 3.55. The molecule has 21 heavy (non-hydrogen) atoms. The zero-order valence-electron chi connectivity index (χ0n) is 10.9. The number of nitriles is 1. The second kappa shape index (κ2) is 6.44. The molecule has 0 aliphatic heterocycles. The topological polar surface area (TPSA) is 77.8 Å². The lowest BCUT2D eigenvalue weighted by Gasteiger charge is -2.08. The average molecular weight is 321 g/mol. The number of rotatable bonds is 3. The van der Waals surface area contributed by atoms with E-state index in [0.717, 1.165) is 0 Å². The zero-order valence-corrected chi connectivity index (χ0v) is 12.5. The minimum Gasteiger partial charge on any atom is -0.372 e. The van der Waals surface area contributed by atoms with Crippen LogP contribution < -0.4 is 10.6 Å². The van der Waals surface area contributed by atoms with Crippen molar-refractivity contribution in [2.75, 3.05) is 17.7 Å². The highest BCUT2D eigenvalue weighted by molar-refractivity contribution is 6.34. The molecule has 0 radical (unpaired) electrons. The highest BCUT2D eigenvalue weighted by atomic mass is 35.5. The summed E-state index contributed by atoms with van der Waals surface area (Å²) in [6.45, 7) is 0. The fourth-order valence-electron chi connectivity index (χ4n) is 1.63. The maximum atomic E-state index is 12.1. The van der Waals surface area contributed by atoms with Crippen LogP contribution in [-0.4, -0.2) is 17.9 Å². The van der Waals surface area contributed by atoms with Gasteiger partial charge in [-0.15, -0.1) is 0 Å². The molecule has 1 heterocycles. The monoisotopic (exact) mass is 320 g/mol.